The summed E-state index contributed by atoms with van der Waals surface area (Å²) in [4.78, 5) is 0. The van der Waals surface area contributed by atoms with E-state index in [1.54, 1.807) is 12.1 Å². The highest BCUT2D eigenvalue weighted by atomic mass is 19.1. The number of rotatable bonds is 2. The number of benzene rings is 1. The summed E-state index contributed by atoms with van der Waals surface area (Å²) in [6, 6.07) is 4.67. The van der Waals surface area contributed by atoms with E-state index in [0.29, 0.717) is 0 Å². The van der Waals surface area contributed by atoms with E-state index >= 15 is 0 Å². The lowest BCUT2D eigenvalue weighted by molar-refractivity contribution is 0.325. The summed E-state index contributed by atoms with van der Waals surface area (Å²) >= 11 is 0. The van der Waals surface area contributed by atoms with E-state index in [2.05, 4.69) is 0 Å². The lowest BCUT2D eigenvalue weighted by Crippen LogP contribution is -2.26. The highest BCUT2D eigenvalue weighted by Gasteiger charge is 2.23. The second-order valence-electron chi connectivity index (χ2n) is 4.74. The first-order valence-electron chi connectivity index (χ1n) is 4.95. The fourth-order valence-electron chi connectivity index (χ4n) is 1.38. The summed E-state index contributed by atoms with van der Waals surface area (Å²) in [7, 11) is 1.45. The van der Waals surface area contributed by atoms with Crippen molar-refractivity contribution in [3.05, 3.63) is 29.6 Å². The molecule has 0 saturated heterocycles. The van der Waals surface area contributed by atoms with Gasteiger partial charge in [0, 0.05) is 6.04 Å². The molecule has 0 fully saturated rings. The van der Waals surface area contributed by atoms with Crippen LogP contribution in [0.5, 0.6) is 5.75 Å². The van der Waals surface area contributed by atoms with Crippen molar-refractivity contribution >= 4 is 0 Å². The zero-order valence-corrected chi connectivity index (χ0v) is 9.67. The maximum absolute atomic E-state index is 13.4. The summed E-state index contributed by atoms with van der Waals surface area (Å²) in [5.41, 5.74) is 6.74. The monoisotopic (exact) mass is 211 g/mol. The fraction of sp³-hybridized carbons (Fsp3) is 0.500. The molecule has 0 amide bonds. The molecular weight excluding hydrogens is 193 g/mol. The van der Waals surface area contributed by atoms with Crippen molar-refractivity contribution in [2.75, 3.05) is 7.11 Å². The van der Waals surface area contributed by atoms with Crippen LogP contribution in [0.1, 0.15) is 32.4 Å². The molecule has 0 aliphatic rings. The lowest BCUT2D eigenvalue weighted by Gasteiger charge is -2.27. The van der Waals surface area contributed by atoms with E-state index in [1.807, 2.05) is 20.8 Å². The van der Waals surface area contributed by atoms with Gasteiger partial charge in [-0.25, -0.2) is 4.39 Å². The highest BCUT2D eigenvalue weighted by Crippen LogP contribution is 2.32. The van der Waals surface area contributed by atoms with Gasteiger partial charge in [-0.15, -0.1) is 0 Å². The van der Waals surface area contributed by atoms with Crippen molar-refractivity contribution in [2.24, 2.45) is 11.1 Å². The van der Waals surface area contributed by atoms with Gasteiger partial charge in [0.05, 0.1) is 7.11 Å². The molecule has 1 aromatic carbocycles. The Kier molecular flexibility index (Phi) is 3.35. The van der Waals surface area contributed by atoms with Gasteiger partial charge in [-0.1, -0.05) is 26.8 Å². The van der Waals surface area contributed by atoms with Crippen molar-refractivity contribution in [1.82, 2.24) is 0 Å². The number of ether oxygens (including phenoxy) is 1. The Morgan fingerprint density at radius 2 is 1.93 bits per heavy atom. The van der Waals surface area contributed by atoms with Crippen molar-refractivity contribution in [3.63, 3.8) is 0 Å². The molecule has 1 aromatic rings. The molecule has 0 aliphatic carbocycles. The van der Waals surface area contributed by atoms with Crippen LogP contribution in [0.3, 0.4) is 0 Å². The first kappa shape index (κ1) is 12.0. The maximum atomic E-state index is 13.4. The molecule has 1 atom stereocenters. The molecule has 2 nitrogen and oxygen atoms in total. The molecule has 0 spiro atoms. The Hall–Kier alpha value is -1.09. The standard InChI is InChI=1S/C12H18FNO/c1-12(2,3)11(14)8-5-6-10(15-4)9(13)7-8/h5-7,11H,14H2,1-4H3/t11-/m1/s1. The fourth-order valence-corrected chi connectivity index (χ4v) is 1.38. The van der Waals surface area contributed by atoms with Gasteiger partial charge in [-0.2, -0.15) is 0 Å². The normalized spacial score (nSPS) is 13.7. The summed E-state index contributed by atoms with van der Waals surface area (Å²) in [6.45, 7) is 6.08. The van der Waals surface area contributed by atoms with E-state index in [0.717, 1.165) is 5.56 Å². The van der Waals surface area contributed by atoms with Gasteiger partial charge >= 0.3 is 0 Å². The van der Waals surface area contributed by atoms with E-state index < -0.39 is 0 Å². The van der Waals surface area contributed by atoms with Gasteiger partial charge in [0.2, 0.25) is 0 Å². The topological polar surface area (TPSA) is 35.2 Å². The molecule has 1 rings (SSSR count). The molecule has 0 aliphatic heterocycles. The van der Waals surface area contributed by atoms with Crippen molar-refractivity contribution < 1.29 is 9.13 Å². The number of hydrogen-bond donors (Lipinski definition) is 1. The van der Waals surface area contributed by atoms with Gasteiger partial charge in [0.1, 0.15) is 0 Å². The Morgan fingerprint density at radius 1 is 1.33 bits per heavy atom. The third-order valence-electron chi connectivity index (χ3n) is 2.47. The predicted molar refractivity (Wildman–Crippen MR) is 59.3 cm³/mol. The number of hydrogen-bond acceptors (Lipinski definition) is 2. The molecule has 3 heteroatoms. The van der Waals surface area contributed by atoms with Crippen LogP contribution >= 0.6 is 0 Å². The second-order valence-corrected chi connectivity index (χ2v) is 4.74. The van der Waals surface area contributed by atoms with Gasteiger partial charge in [0.25, 0.3) is 0 Å². The van der Waals surface area contributed by atoms with Crippen LogP contribution in [0, 0.1) is 11.2 Å². The number of methoxy groups -OCH3 is 1. The van der Waals surface area contributed by atoms with Gasteiger partial charge in [0.15, 0.2) is 11.6 Å². The van der Waals surface area contributed by atoms with E-state index in [4.69, 9.17) is 10.5 Å². The third-order valence-corrected chi connectivity index (χ3v) is 2.47. The van der Waals surface area contributed by atoms with Crippen molar-refractivity contribution in [2.45, 2.75) is 26.8 Å². The average Bonchev–Trinajstić information content (AvgIpc) is 2.15. The SMILES string of the molecule is COc1ccc([C@@H](N)C(C)(C)C)cc1F. The van der Waals surface area contributed by atoms with Crippen LogP contribution in [-0.4, -0.2) is 7.11 Å². The largest absolute Gasteiger partial charge is 0.494 e. The van der Waals surface area contributed by atoms with Crippen molar-refractivity contribution in [1.29, 1.82) is 0 Å². The molecule has 84 valence electrons. The van der Waals surface area contributed by atoms with Crippen molar-refractivity contribution in [3.8, 4) is 5.75 Å². The Bertz CT molecular complexity index is 344. The van der Waals surface area contributed by atoms with E-state index in [-0.39, 0.29) is 23.0 Å². The lowest BCUT2D eigenvalue weighted by atomic mass is 9.83. The Morgan fingerprint density at radius 3 is 2.33 bits per heavy atom. The molecule has 0 unspecified atom stereocenters. The molecule has 15 heavy (non-hydrogen) atoms. The molecule has 0 bridgehead atoms. The molecule has 0 saturated carbocycles. The number of halogens is 1. The van der Waals surface area contributed by atoms with E-state index in [9.17, 15) is 4.39 Å². The quantitative estimate of drug-likeness (QED) is 0.816. The predicted octanol–water partition coefficient (Wildman–Crippen LogP) is 2.88. The minimum absolute atomic E-state index is 0.0823. The zero-order chi connectivity index (χ0) is 11.6. The van der Waals surface area contributed by atoms with Crippen LogP contribution in [0.15, 0.2) is 18.2 Å². The molecule has 0 heterocycles. The van der Waals surface area contributed by atoms with Gasteiger partial charge in [-0.3, -0.25) is 0 Å². The average molecular weight is 211 g/mol. The first-order chi connectivity index (χ1) is 6.86. The summed E-state index contributed by atoms with van der Waals surface area (Å²) < 4.78 is 18.3. The summed E-state index contributed by atoms with van der Waals surface area (Å²) in [5.74, 6) is -0.116. The maximum Gasteiger partial charge on any atom is 0.165 e. The Labute approximate surface area is 90.2 Å². The van der Waals surface area contributed by atoms with E-state index in [1.165, 1.54) is 13.2 Å². The second kappa shape index (κ2) is 4.19. The third kappa shape index (κ3) is 2.69. The Balaban J connectivity index is 3.02. The minimum Gasteiger partial charge on any atom is -0.494 e. The molecule has 0 aromatic heterocycles. The molecule has 2 N–H and O–H groups in total. The summed E-state index contributed by atoms with van der Waals surface area (Å²) in [5, 5.41) is 0. The van der Waals surface area contributed by atoms with Crippen LogP contribution < -0.4 is 10.5 Å². The smallest absolute Gasteiger partial charge is 0.165 e. The van der Waals surface area contributed by atoms with Gasteiger partial charge < -0.3 is 10.5 Å². The van der Waals surface area contributed by atoms with Crippen LogP contribution in [0.4, 0.5) is 4.39 Å². The summed E-state index contributed by atoms with van der Waals surface area (Å²) in [6.07, 6.45) is 0. The first-order valence-corrected chi connectivity index (χ1v) is 4.95. The highest BCUT2D eigenvalue weighted by molar-refractivity contribution is 5.31. The van der Waals surface area contributed by atoms with Crippen LogP contribution in [0.2, 0.25) is 0 Å². The van der Waals surface area contributed by atoms with Gasteiger partial charge in [-0.05, 0) is 23.1 Å². The zero-order valence-electron chi connectivity index (χ0n) is 9.67. The minimum atomic E-state index is -0.366. The number of nitrogens with two attached hydrogens (primary N) is 1. The molecule has 0 radical (unpaired) electrons. The van der Waals surface area contributed by atoms with Crippen LogP contribution in [0.25, 0.3) is 0 Å². The molecular formula is C12H18FNO. The van der Waals surface area contributed by atoms with Crippen LogP contribution in [-0.2, 0) is 0 Å².